The Morgan fingerprint density at radius 2 is 0.543 bits per heavy atom. The smallest absolute Gasteiger partial charge is 0.462 e. The van der Waals surface area contributed by atoms with Crippen LogP contribution in [0.25, 0.3) is 0 Å². The van der Waals surface area contributed by atoms with Crippen molar-refractivity contribution in [2.75, 3.05) is 39.6 Å². The van der Waals surface area contributed by atoms with Gasteiger partial charge < -0.3 is 33.8 Å². The van der Waals surface area contributed by atoms with Gasteiger partial charge in [-0.25, -0.2) is 9.13 Å². The van der Waals surface area contributed by atoms with Crippen molar-refractivity contribution in [3.05, 3.63) is 0 Å². The Morgan fingerprint density at radius 1 is 0.309 bits per heavy atom. The van der Waals surface area contributed by atoms with Crippen LogP contribution < -0.4 is 0 Å². The van der Waals surface area contributed by atoms with Gasteiger partial charge in [-0.2, -0.15) is 0 Å². The molecule has 3 N–H and O–H groups in total. The van der Waals surface area contributed by atoms with Crippen LogP contribution in [-0.2, 0) is 65.4 Å². The molecule has 0 aromatic rings. The molecule has 0 bridgehead atoms. The Balaban J connectivity index is 5.27. The van der Waals surface area contributed by atoms with E-state index in [9.17, 15) is 43.2 Å². The normalized spacial score (nSPS) is 14.3. The second-order valence-corrected chi connectivity index (χ2v) is 30.7. The van der Waals surface area contributed by atoms with Gasteiger partial charge in [0.15, 0.2) is 12.2 Å². The van der Waals surface area contributed by atoms with Gasteiger partial charge in [-0.3, -0.25) is 37.3 Å². The Bertz CT molecular complexity index is 1820. The molecule has 0 fully saturated rings. The number of ether oxygens (including phenoxy) is 4. The molecule has 0 amide bonds. The van der Waals surface area contributed by atoms with Crippen LogP contribution in [0, 0.1) is 11.8 Å². The largest absolute Gasteiger partial charge is 0.472 e. The van der Waals surface area contributed by atoms with Crippen molar-refractivity contribution in [1.82, 2.24) is 0 Å². The number of carbonyl (C=O) groups excluding carboxylic acids is 4. The summed E-state index contributed by atoms with van der Waals surface area (Å²) in [6.45, 7) is 9.61. The van der Waals surface area contributed by atoms with Crippen molar-refractivity contribution in [2.45, 2.75) is 407 Å². The number of unbranched alkanes of at least 4 members (excludes halogenated alkanes) is 43. The molecular weight excluding hydrogens is 1230 g/mol. The van der Waals surface area contributed by atoms with Crippen molar-refractivity contribution in [3.8, 4) is 0 Å². The molecule has 0 radical (unpaired) electrons. The first-order valence-corrected chi connectivity index (χ1v) is 42.0. The highest BCUT2D eigenvalue weighted by Gasteiger charge is 2.30. The molecule has 17 nitrogen and oxygen atoms in total. The van der Waals surface area contributed by atoms with Gasteiger partial charge in [0, 0.05) is 25.7 Å². The summed E-state index contributed by atoms with van der Waals surface area (Å²) in [5.41, 5.74) is 0. The van der Waals surface area contributed by atoms with Crippen LogP contribution in [0.4, 0.5) is 0 Å². The van der Waals surface area contributed by atoms with Crippen molar-refractivity contribution in [3.63, 3.8) is 0 Å². The van der Waals surface area contributed by atoms with E-state index in [4.69, 9.17) is 37.0 Å². The fraction of sp³-hybridized carbons (Fsp3) is 0.947. The summed E-state index contributed by atoms with van der Waals surface area (Å²) < 4.78 is 68.5. The molecule has 0 saturated carbocycles. The van der Waals surface area contributed by atoms with Crippen molar-refractivity contribution >= 4 is 39.5 Å². The molecule has 0 spiro atoms. The molecule has 94 heavy (non-hydrogen) atoms. The van der Waals surface area contributed by atoms with E-state index < -0.39 is 97.5 Å². The van der Waals surface area contributed by atoms with Crippen molar-refractivity contribution in [2.24, 2.45) is 11.8 Å². The molecule has 0 aromatic carbocycles. The average Bonchev–Trinajstić information content (AvgIpc) is 1.97. The molecule has 0 aliphatic rings. The summed E-state index contributed by atoms with van der Waals surface area (Å²) in [5.74, 6) is -0.559. The lowest BCUT2D eigenvalue weighted by Crippen LogP contribution is -2.30. The van der Waals surface area contributed by atoms with Crippen LogP contribution >= 0.6 is 15.6 Å². The highest BCUT2D eigenvalue weighted by molar-refractivity contribution is 7.47. The number of carbonyl (C=O) groups is 4. The second kappa shape index (κ2) is 66.9. The highest BCUT2D eigenvalue weighted by atomic mass is 31.2. The summed E-state index contributed by atoms with van der Waals surface area (Å²) >= 11 is 0. The molecule has 0 aliphatic carbocycles. The maximum atomic E-state index is 13.1. The third-order valence-electron chi connectivity index (χ3n) is 17.8. The van der Waals surface area contributed by atoms with E-state index in [1.54, 1.807) is 0 Å². The standard InChI is InChI=1S/C75H146O17P2/c1-7-10-12-14-16-18-20-22-24-26-34-40-46-52-58-73(78)86-64-71(92-75(80)60-54-48-42-36-30-28-32-38-44-50-56-68(6)9-3)66-90-94(83,84)88-62-69(76)61-87-93(81,82)89-65-70(91-74(79)59-53-47-41-35-29-27-31-37-43-49-55-67(4)5)63-85-72(77)57-51-45-39-33-25-23-21-19-17-15-13-11-8-2/h67-71,76H,7-66H2,1-6H3,(H,81,82)(H,83,84)/t68?,69-,70+,71+/m0/s1. The zero-order chi connectivity index (χ0) is 69.3. The first-order valence-electron chi connectivity index (χ1n) is 39.0. The van der Waals surface area contributed by atoms with Gasteiger partial charge in [0.05, 0.1) is 26.4 Å². The van der Waals surface area contributed by atoms with Gasteiger partial charge in [0.1, 0.15) is 19.3 Å². The summed E-state index contributed by atoms with van der Waals surface area (Å²) in [6.07, 6.45) is 53.8. The van der Waals surface area contributed by atoms with Gasteiger partial charge in [0.25, 0.3) is 0 Å². The van der Waals surface area contributed by atoms with E-state index in [0.717, 1.165) is 102 Å². The molecule has 0 heterocycles. The second-order valence-electron chi connectivity index (χ2n) is 27.8. The minimum atomic E-state index is -4.96. The highest BCUT2D eigenvalue weighted by Crippen LogP contribution is 2.45. The molecule has 0 aliphatic heterocycles. The number of hydrogen-bond acceptors (Lipinski definition) is 15. The lowest BCUT2D eigenvalue weighted by molar-refractivity contribution is -0.161. The lowest BCUT2D eigenvalue weighted by atomic mass is 9.99. The third-order valence-corrected chi connectivity index (χ3v) is 19.7. The molecule has 0 aromatic heterocycles. The first-order chi connectivity index (χ1) is 45.4. The quantitative estimate of drug-likeness (QED) is 0.0222. The first kappa shape index (κ1) is 92.1. The Morgan fingerprint density at radius 3 is 0.809 bits per heavy atom. The fourth-order valence-corrected chi connectivity index (χ4v) is 13.0. The zero-order valence-corrected chi connectivity index (χ0v) is 63.1. The fourth-order valence-electron chi connectivity index (χ4n) is 11.4. The maximum Gasteiger partial charge on any atom is 0.472 e. The Labute approximate surface area is 575 Å². The number of esters is 4. The van der Waals surface area contributed by atoms with E-state index in [1.807, 2.05) is 0 Å². The lowest BCUT2D eigenvalue weighted by Gasteiger charge is -2.21. The molecule has 0 rings (SSSR count). The minimum Gasteiger partial charge on any atom is -0.462 e. The molecule has 558 valence electrons. The Kier molecular flexibility index (Phi) is 65.5. The topological polar surface area (TPSA) is 237 Å². The predicted octanol–water partition coefficient (Wildman–Crippen LogP) is 21.9. The summed E-state index contributed by atoms with van der Waals surface area (Å²) in [6, 6.07) is 0. The molecule has 19 heteroatoms. The molecular formula is C75H146O17P2. The van der Waals surface area contributed by atoms with E-state index >= 15 is 0 Å². The van der Waals surface area contributed by atoms with Gasteiger partial charge in [-0.05, 0) is 37.5 Å². The number of phosphoric acid groups is 2. The van der Waals surface area contributed by atoms with Crippen molar-refractivity contribution < 1.29 is 80.2 Å². The van der Waals surface area contributed by atoms with Crippen LogP contribution in [-0.4, -0.2) is 96.7 Å². The third kappa shape index (κ3) is 67.3. The molecule has 0 saturated heterocycles. The zero-order valence-electron chi connectivity index (χ0n) is 61.3. The van der Waals surface area contributed by atoms with Crippen LogP contribution in [0.2, 0.25) is 0 Å². The number of hydrogen-bond donors (Lipinski definition) is 3. The van der Waals surface area contributed by atoms with E-state index in [1.165, 1.54) is 205 Å². The number of phosphoric ester groups is 2. The van der Waals surface area contributed by atoms with E-state index in [2.05, 4.69) is 41.5 Å². The number of rotatable bonds is 74. The predicted molar refractivity (Wildman–Crippen MR) is 381 cm³/mol. The summed E-state index contributed by atoms with van der Waals surface area (Å²) in [4.78, 5) is 72.8. The minimum absolute atomic E-state index is 0.106. The van der Waals surface area contributed by atoms with E-state index in [0.29, 0.717) is 25.7 Å². The Hall–Kier alpha value is -1.94. The monoisotopic (exact) mass is 1380 g/mol. The van der Waals surface area contributed by atoms with Gasteiger partial charge in [-0.1, -0.05) is 337 Å². The summed E-state index contributed by atoms with van der Waals surface area (Å²) in [5, 5.41) is 10.6. The number of aliphatic hydroxyl groups excluding tert-OH is 1. The number of aliphatic hydroxyl groups is 1. The average molecular weight is 1380 g/mol. The molecule has 3 unspecified atom stereocenters. The van der Waals surface area contributed by atoms with Gasteiger partial charge in [-0.15, -0.1) is 0 Å². The van der Waals surface area contributed by atoms with E-state index in [-0.39, 0.29) is 25.7 Å². The summed E-state index contributed by atoms with van der Waals surface area (Å²) in [7, 11) is -9.91. The molecule has 6 atom stereocenters. The van der Waals surface area contributed by atoms with Gasteiger partial charge in [0.2, 0.25) is 0 Å². The van der Waals surface area contributed by atoms with Gasteiger partial charge >= 0.3 is 39.5 Å². The maximum absolute atomic E-state index is 13.1. The SMILES string of the molecule is CCCCCCCCCCCCCCCCC(=O)OC[C@H](COP(=O)(O)OC[C@@H](O)COP(=O)(O)OC[C@@H](COC(=O)CCCCCCCCCCCCCCC)OC(=O)CCCCCCCCCCCCC(C)C)OC(=O)CCCCCCCCCCCCC(C)CC. The van der Waals surface area contributed by atoms with Crippen molar-refractivity contribution in [1.29, 1.82) is 0 Å². The van der Waals surface area contributed by atoms with Crippen LogP contribution in [0.3, 0.4) is 0 Å². The van der Waals surface area contributed by atoms with Crippen LogP contribution in [0.5, 0.6) is 0 Å². The van der Waals surface area contributed by atoms with Crippen LogP contribution in [0.1, 0.15) is 388 Å². The van der Waals surface area contributed by atoms with Crippen LogP contribution in [0.15, 0.2) is 0 Å².